The molecule has 0 aliphatic rings. The molecule has 4 aromatic rings. The average Bonchev–Trinajstić information content (AvgIpc) is 2.99. The molecular formula is C31H29Cl2N5O3. The van der Waals surface area contributed by atoms with Crippen LogP contribution in [-0.4, -0.2) is 33.9 Å². The lowest BCUT2D eigenvalue weighted by Gasteiger charge is -2.23. The molecule has 210 valence electrons. The minimum absolute atomic E-state index is 0.0668. The van der Waals surface area contributed by atoms with Gasteiger partial charge in [-0.05, 0) is 53.5 Å². The third-order valence-corrected chi connectivity index (χ3v) is 7.36. The molecule has 2 aromatic carbocycles. The Hall–Kier alpha value is -4.27. The smallest absolute Gasteiger partial charge is 0.247 e. The van der Waals surface area contributed by atoms with E-state index in [4.69, 9.17) is 27.9 Å². The first kappa shape index (κ1) is 29.7. The number of hydrogen-bond donors (Lipinski definition) is 1. The standard InChI is InChI=1S/C31H29Cl2N5O3/c1-4-21-15-26(41-3)31(33)24(30(21)32)17-29(40)38(18-20-10-12-34-13-11-20)27-16-23(35-19-36-27)14-22-8-6-7-9-25(22)37-28(39)5-2/h5-13,15-16,19H,2,4,14,17-18H2,1,3H3,(H,37,39). The molecule has 0 saturated carbocycles. The number of nitrogens with zero attached hydrogens (tertiary/aromatic N) is 4. The second kappa shape index (κ2) is 13.9. The van der Waals surface area contributed by atoms with Crippen molar-refractivity contribution in [2.75, 3.05) is 17.3 Å². The van der Waals surface area contributed by atoms with Crippen LogP contribution in [0.5, 0.6) is 5.75 Å². The Bertz CT molecular complexity index is 1530. The topological polar surface area (TPSA) is 97.3 Å². The molecule has 0 radical (unpaired) electrons. The summed E-state index contributed by atoms with van der Waals surface area (Å²) in [5, 5.41) is 3.56. The lowest BCUT2D eigenvalue weighted by Crippen LogP contribution is -2.33. The Morgan fingerprint density at radius 2 is 1.80 bits per heavy atom. The fourth-order valence-corrected chi connectivity index (χ4v) is 5.00. The van der Waals surface area contributed by atoms with E-state index in [1.807, 2.05) is 43.3 Å². The number of pyridine rings is 1. The van der Waals surface area contributed by atoms with Gasteiger partial charge in [0.1, 0.15) is 17.9 Å². The molecule has 0 bridgehead atoms. The monoisotopic (exact) mass is 589 g/mol. The van der Waals surface area contributed by atoms with Crippen LogP contribution in [-0.2, 0) is 35.4 Å². The van der Waals surface area contributed by atoms with Crippen molar-refractivity contribution in [3.05, 3.63) is 118 Å². The van der Waals surface area contributed by atoms with E-state index in [0.717, 1.165) is 16.7 Å². The Kier molecular flexibility index (Phi) is 10.1. The van der Waals surface area contributed by atoms with Gasteiger partial charge in [-0.1, -0.05) is 54.9 Å². The summed E-state index contributed by atoms with van der Waals surface area (Å²) in [5.41, 5.74) is 4.35. The van der Waals surface area contributed by atoms with E-state index in [1.165, 1.54) is 19.5 Å². The van der Waals surface area contributed by atoms with Gasteiger partial charge < -0.3 is 10.1 Å². The van der Waals surface area contributed by atoms with Crippen molar-refractivity contribution < 1.29 is 14.3 Å². The van der Waals surface area contributed by atoms with Crippen LogP contribution < -0.4 is 15.0 Å². The largest absolute Gasteiger partial charge is 0.495 e. The molecule has 0 aliphatic heterocycles. The van der Waals surface area contributed by atoms with E-state index in [2.05, 4.69) is 26.8 Å². The van der Waals surface area contributed by atoms with Gasteiger partial charge in [0.2, 0.25) is 11.8 Å². The van der Waals surface area contributed by atoms with Gasteiger partial charge in [-0.3, -0.25) is 19.5 Å². The van der Waals surface area contributed by atoms with E-state index >= 15 is 0 Å². The van der Waals surface area contributed by atoms with Crippen molar-refractivity contribution in [1.82, 2.24) is 15.0 Å². The number of halogens is 2. The summed E-state index contributed by atoms with van der Waals surface area (Å²) in [5.74, 6) is 0.304. The van der Waals surface area contributed by atoms with Gasteiger partial charge in [0.05, 0.1) is 30.8 Å². The number of hydrogen-bond acceptors (Lipinski definition) is 6. The van der Waals surface area contributed by atoms with Gasteiger partial charge in [-0.2, -0.15) is 0 Å². The third kappa shape index (κ3) is 7.28. The summed E-state index contributed by atoms with van der Waals surface area (Å²) in [6.45, 7) is 5.73. The third-order valence-electron chi connectivity index (χ3n) is 6.47. The Morgan fingerprint density at radius 1 is 1.05 bits per heavy atom. The number of nitrogens with one attached hydrogen (secondary N) is 1. The summed E-state index contributed by atoms with van der Waals surface area (Å²) in [6, 6.07) is 14.6. The van der Waals surface area contributed by atoms with Crippen LogP contribution in [0.4, 0.5) is 11.5 Å². The number of carbonyl (C=O) groups excluding carboxylic acids is 2. The molecule has 0 fully saturated rings. The van der Waals surface area contributed by atoms with Gasteiger partial charge in [0.25, 0.3) is 0 Å². The molecule has 0 aliphatic carbocycles. The zero-order valence-electron chi connectivity index (χ0n) is 22.7. The van der Waals surface area contributed by atoms with Crippen LogP contribution in [0.25, 0.3) is 0 Å². The van der Waals surface area contributed by atoms with Crippen molar-refractivity contribution in [2.24, 2.45) is 0 Å². The number of aryl methyl sites for hydroxylation is 1. The molecule has 4 rings (SSSR count). The van der Waals surface area contributed by atoms with Crippen LogP contribution in [0, 0.1) is 0 Å². The van der Waals surface area contributed by atoms with Crippen molar-refractivity contribution in [1.29, 1.82) is 0 Å². The predicted octanol–water partition coefficient (Wildman–Crippen LogP) is 6.24. The number of methoxy groups -OCH3 is 1. The lowest BCUT2D eigenvalue weighted by molar-refractivity contribution is -0.118. The SMILES string of the molecule is C=CC(=O)Nc1ccccc1Cc1cc(N(Cc2ccncc2)C(=O)Cc2c(Cl)c(CC)cc(OC)c2Cl)ncn1. The van der Waals surface area contributed by atoms with E-state index in [-0.39, 0.29) is 24.8 Å². The maximum atomic E-state index is 13.9. The predicted molar refractivity (Wildman–Crippen MR) is 162 cm³/mol. The van der Waals surface area contributed by atoms with Crippen molar-refractivity contribution >= 4 is 46.5 Å². The minimum atomic E-state index is -0.309. The first-order chi connectivity index (χ1) is 19.8. The first-order valence-corrected chi connectivity index (χ1v) is 13.6. The van der Waals surface area contributed by atoms with Crippen LogP contribution in [0.1, 0.15) is 34.9 Å². The molecule has 0 saturated heterocycles. The molecule has 0 unspecified atom stereocenters. The number of anilines is 2. The number of rotatable bonds is 11. The van der Waals surface area contributed by atoms with Crippen molar-refractivity contribution in [3.63, 3.8) is 0 Å². The van der Waals surface area contributed by atoms with Gasteiger partial charge >= 0.3 is 0 Å². The van der Waals surface area contributed by atoms with Gasteiger partial charge in [0.15, 0.2) is 0 Å². The van der Waals surface area contributed by atoms with Crippen LogP contribution in [0.15, 0.2) is 79.9 Å². The highest BCUT2D eigenvalue weighted by atomic mass is 35.5. The van der Waals surface area contributed by atoms with Gasteiger partial charge in [-0.15, -0.1) is 0 Å². The maximum Gasteiger partial charge on any atom is 0.247 e. The first-order valence-electron chi connectivity index (χ1n) is 12.9. The summed E-state index contributed by atoms with van der Waals surface area (Å²) in [4.78, 5) is 40.4. The van der Waals surface area contributed by atoms with E-state index < -0.39 is 0 Å². The molecule has 0 spiro atoms. The Morgan fingerprint density at radius 3 is 2.51 bits per heavy atom. The van der Waals surface area contributed by atoms with Crippen molar-refractivity contribution in [3.8, 4) is 5.75 Å². The second-order valence-corrected chi connectivity index (χ2v) is 9.86. The fraction of sp³-hybridized carbons (Fsp3) is 0.194. The normalized spacial score (nSPS) is 10.6. The molecule has 2 amide bonds. The molecule has 8 nitrogen and oxygen atoms in total. The lowest BCUT2D eigenvalue weighted by atomic mass is 10.0. The molecule has 41 heavy (non-hydrogen) atoms. The molecular weight excluding hydrogens is 561 g/mol. The quantitative estimate of drug-likeness (QED) is 0.208. The molecule has 10 heteroatoms. The number of para-hydroxylation sites is 1. The minimum Gasteiger partial charge on any atom is -0.495 e. The van der Waals surface area contributed by atoms with E-state index in [9.17, 15) is 9.59 Å². The summed E-state index contributed by atoms with van der Waals surface area (Å²) in [7, 11) is 1.53. The zero-order chi connectivity index (χ0) is 29.4. The van der Waals surface area contributed by atoms with Gasteiger partial charge in [-0.25, -0.2) is 9.97 Å². The summed E-state index contributed by atoms with van der Waals surface area (Å²) < 4.78 is 5.44. The molecule has 0 atom stereocenters. The highest BCUT2D eigenvalue weighted by Crippen LogP contribution is 2.37. The maximum absolute atomic E-state index is 13.9. The Labute approximate surface area is 249 Å². The Balaban J connectivity index is 1.69. The van der Waals surface area contributed by atoms with E-state index in [1.54, 1.807) is 29.4 Å². The van der Waals surface area contributed by atoms with Gasteiger partial charge in [0, 0.05) is 41.2 Å². The van der Waals surface area contributed by atoms with Crippen LogP contribution in [0.3, 0.4) is 0 Å². The summed E-state index contributed by atoms with van der Waals surface area (Å²) >= 11 is 13.3. The molecule has 2 heterocycles. The number of amides is 2. The molecule has 2 aromatic heterocycles. The van der Waals surface area contributed by atoms with Crippen LogP contribution >= 0.6 is 23.2 Å². The number of aromatic nitrogens is 3. The highest BCUT2D eigenvalue weighted by Gasteiger charge is 2.24. The zero-order valence-corrected chi connectivity index (χ0v) is 24.2. The number of benzene rings is 2. The number of carbonyl (C=O) groups is 2. The number of ether oxygens (including phenoxy) is 1. The van der Waals surface area contributed by atoms with Crippen LogP contribution in [0.2, 0.25) is 10.0 Å². The van der Waals surface area contributed by atoms with Crippen molar-refractivity contribution in [2.45, 2.75) is 32.7 Å². The summed E-state index contributed by atoms with van der Waals surface area (Å²) in [6.07, 6.45) is 6.95. The fourth-order valence-electron chi connectivity index (χ4n) is 4.30. The molecule has 1 N–H and O–H groups in total. The highest BCUT2D eigenvalue weighted by molar-refractivity contribution is 6.37. The van der Waals surface area contributed by atoms with E-state index in [0.29, 0.717) is 51.4 Å². The second-order valence-electron chi connectivity index (χ2n) is 9.10. The average molecular weight is 591 g/mol.